The fourth-order valence-electron chi connectivity index (χ4n) is 4.09. The minimum absolute atomic E-state index is 0.158. The topological polar surface area (TPSA) is 54.4 Å². The zero-order chi connectivity index (χ0) is 21.3. The van der Waals surface area contributed by atoms with Gasteiger partial charge in [0.05, 0.1) is 6.42 Å². The molecule has 1 aromatic rings. The summed E-state index contributed by atoms with van der Waals surface area (Å²) in [5.74, 6) is 1.09. The van der Waals surface area contributed by atoms with Crippen LogP contribution in [0.2, 0.25) is 5.02 Å². The normalized spacial score (nSPS) is 19.2. The first kappa shape index (κ1) is 22.8. The smallest absolute Gasteiger partial charge is 0.227 e. The highest BCUT2D eigenvalue weighted by molar-refractivity contribution is 6.30. The van der Waals surface area contributed by atoms with Crippen molar-refractivity contribution in [2.45, 2.75) is 13.3 Å². The molecule has 2 heterocycles. The predicted molar refractivity (Wildman–Crippen MR) is 123 cm³/mol. The summed E-state index contributed by atoms with van der Waals surface area (Å²) in [5, 5.41) is 4.18. The molecule has 0 atom stereocenters. The molecule has 0 aromatic heterocycles. The Balaban J connectivity index is 1.38. The minimum Gasteiger partial charge on any atom is -0.355 e. The third kappa shape index (κ3) is 6.59. The number of likely N-dealkylation sites (N-methyl/N-ethyl adjacent to an activating group) is 1. The van der Waals surface area contributed by atoms with Gasteiger partial charge >= 0.3 is 0 Å². The van der Waals surface area contributed by atoms with E-state index in [0.29, 0.717) is 11.4 Å². The number of piperazine rings is 2. The number of nitrogens with one attached hydrogen (secondary N) is 1. The average Bonchev–Trinajstić information content (AvgIpc) is 2.77. The van der Waals surface area contributed by atoms with Gasteiger partial charge in [0.25, 0.3) is 0 Å². The summed E-state index contributed by atoms with van der Waals surface area (Å²) in [7, 11) is 1.83. The van der Waals surface area contributed by atoms with E-state index in [4.69, 9.17) is 11.6 Å². The number of guanidine groups is 1. The maximum atomic E-state index is 12.6. The zero-order valence-corrected chi connectivity index (χ0v) is 19.1. The van der Waals surface area contributed by atoms with Crippen LogP contribution in [-0.2, 0) is 11.2 Å². The average molecular weight is 435 g/mol. The molecule has 2 fully saturated rings. The van der Waals surface area contributed by atoms with Gasteiger partial charge in [-0.25, -0.2) is 0 Å². The van der Waals surface area contributed by atoms with Gasteiger partial charge in [-0.15, -0.1) is 0 Å². The van der Waals surface area contributed by atoms with Gasteiger partial charge in [0, 0.05) is 77.5 Å². The molecular formula is C22H35ClN6O. The van der Waals surface area contributed by atoms with Crippen LogP contribution in [0.5, 0.6) is 0 Å². The van der Waals surface area contributed by atoms with E-state index in [2.05, 4.69) is 31.9 Å². The Labute approximate surface area is 185 Å². The van der Waals surface area contributed by atoms with Gasteiger partial charge in [0.15, 0.2) is 5.96 Å². The molecule has 8 heteroatoms. The van der Waals surface area contributed by atoms with Crippen LogP contribution < -0.4 is 5.32 Å². The first-order valence-corrected chi connectivity index (χ1v) is 11.4. The molecule has 30 heavy (non-hydrogen) atoms. The number of aliphatic imine (C=N–C) groups is 1. The molecule has 166 valence electrons. The van der Waals surface area contributed by atoms with Crippen LogP contribution in [0.1, 0.15) is 12.5 Å². The highest BCUT2D eigenvalue weighted by atomic mass is 35.5. The molecular weight excluding hydrogens is 400 g/mol. The molecule has 3 rings (SSSR count). The van der Waals surface area contributed by atoms with Crippen LogP contribution in [-0.4, -0.2) is 111 Å². The molecule has 2 saturated heterocycles. The number of carbonyl (C=O) groups is 1. The van der Waals surface area contributed by atoms with Gasteiger partial charge in [-0.3, -0.25) is 14.7 Å². The van der Waals surface area contributed by atoms with E-state index in [0.717, 1.165) is 83.5 Å². The van der Waals surface area contributed by atoms with E-state index in [9.17, 15) is 4.79 Å². The third-order valence-corrected chi connectivity index (χ3v) is 6.25. The summed E-state index contributed by atoms with van der Waals surface area (Å²) < 4.78 is 0. The molecule has 0 spiro atoms. The summed E-state index contributed by atoms with van der Waals surface area (Å²) in [6.07, 6.45) is 0.402. The van der Waals surface area contributed by atoms with Crippen LogP contribution in [0, 0.1) is 0 Å². The molecule has 7 nitrogen and oxygen atoms in total. The Hall–Kier alpha value is -1.83. The monoisotopic (exact) mass is 434 g/mol. The van der Waals surface area contributed by atoms with E-state index in [1.807, 2.05) is 36.2 Å². The maximum Gasteiger partial charge on any atom is 0.227 e. The molecule has 1 N–H and O–H groups in total. The lowest BCUT2D eigenvalue weighted by atomic mass is 10.1. The molecule has 2 aliphatic heterocycles. The van der Waals surface area contributed by atoms with Crippen molar-refractivity contribution < 1.29 is 4.79 Å². The Morgan fingerprint density at radius 1 is 1.03 bits per heavy atom. The van der Waals surface area contributed by atoms with Crippen molar-refractivity contribution >= 4 is 23.5 Å². The highest BCUT2D eigenvalue weighted by Crippen LogP contribution is 2.13. The van der Waals surface area contributed by atoms with Gasteiger partial charge in [-0.2, -0.15) is 0 Å². The van der Waals surface area contributed by atoms with Crippen LogP contribution >= 0.6 is 11.6 Å². The highest BCUT2D eigenvalue weighted by Gasteiger charge is 2.23. The number of hydrogen-bond acceptors (Lipinski definition) is 4. The van der Waals surface area contributed by atoms with Crippen molar-refractivity contribution in [2.24, 2.45) is 4.99 Å². The number of halogens is 1. The molecule has 1 aromatic carbocycles. The first-order chi connectivity index (χ1) is 14.6. The van der Waals surface area contributed by atoms with Crippen molar-refractivity contribution in [3.8, 4) is 0 Å². The van der Waals surface area contributed by atoms with Crippen molar-refractivity contribution in [3.63, 3.8) is 0 Å². The summed E-state index contributed by atoms with van der Waals surface area (Å²) in [4.78, 5) is 26.3. The molecule has 1 amide bonds. The quantitative estimate of drug-likeness (QED) is 0.539. The van der Waals surface area contributed by atoms with E-state index in [-0.39, 0.29) is 5.91 Å². The van der Waals surface area contributed by atoms with E-state index < -0.39 is 0 Å². The van der Waals surface area contributed by atoms with Gasteiger partial charge in [0.2, 0.25) is 5.91 Å². The van der Waals surface area contributed by atoms with E-state index >= 15 is 0 Å². The fourth-order valence-corrected chi connectivity index (χ4v) is 4.30. The van der Waals surface area contributed by atoms with Crippen LogP contribution in [0.3, 0.4) is 0 Å². The minimum atomic E-state index is 0.158. The van der Waals surface area contributed by atoms with Crippen molar-refractivity contribution in [3.05, 3.63) is 34.9 Å². The number of carbonyl (C=O) groups excluding carboxylic acids is 1. The Morgan fingerprint density at radius 3 is 2.33 bits per heavy atom. The predicted octanol–water partition coefficient (Wildman–Crippen LogP) is 1.24. The molecule has 0 saturated carbocycles. The molecule has 0 aliphatic carbocycles. The largest absolute Gasteiger partial charge is 0.355 e. The number of benzene rings is 1. The lowest BCUT2D eigenvalue weighted by molar-refractivity contribution is -0.131. The lowest BCUT2D eigenvalue weighted by Gasteiger charge is -2.37. The van der Waals surface area contributed by atoms with Gasteiger partial charge in [-0.05, 0) is 24.2 Å². The summed E-state index contributed by atoms with van der Waals surface area (Å²) in [6, 6.07) is 7.54. The van der Waals surface area contributed by atoms with Gasteiger partial charge in [0.1, 0.15) is 0 Å². The third-order valence-electron chi connectivity index (χ3n) is 6.01. The second-order valence-electron chi connectivity index (χ2n) is 7.92. The zero-order valence-electron chi connectivity index (χ0n) is 18.3. The SMILES string of the molecule is CCN1CCN(CCNC(=NC)N2CCN(C(=O)Cc3cccc(Cl)c3)CC2)CC1. The van der Waals surface area contributed by atoms with Crippen LogP contribution in [0.15, 0.2) is 29.3 Å². The molecule has 0 unspecified atom stereocenters. The second kappa shape index (κ2) is 11.5. The number of amides is 1. The first-order valence-electron chi connectivity index (χ1n) is 11.0. The van der Waals surface area contributed by atoms with E-state index in [1.165, 1.54) is 0 Å². The van der Waals surface area contributed by atoms with Crippen molar-refractivity contribution in [1.82, 2.24) is 24.9 Å². The lowest BCUT2D eigenvalue weighted by Crippen LogP contribution is -2.55. The maximum absolute atomic E-state index is 12.6. The standard InChI is InChI=1S/C22H35ClN6O/c1-3-26-9-11-27(12-10-26)8-7-25-22(24-2)29-15-13-28(14-16-29)21(30)18-19-5-4-6-20(23)17-19/h4-6,17H,3,7-16,18H2,1-2H3,(H,24,25). The summed E-state index contributed by atoms with van der Waals surface area (Å²) >= 11 is 6.03. The Kier molecular flexibility index (Phi) is 8.78. The number of rotatable bonds is 6. The number of nitrogens with zero attached hydrogens (tertiary/aromatic N) is 5. The number of hydrogen-bond donors (Lipinski definition) is 1. The van der Waals surface area contributed by atoms with Crippen LogP contribution in [0.25, 0.3) is 0 Å². The second-order valence-corrected chi connectivity index (χ2v) is 8.36. The summed E-state index contributed by atoms with van der Waals surface area (Å²) in [6.45, 7) is 13.0. The van der Waals surface area contributed by atoms with Crippen LogP contribution in [0.4, 0.5) is 0 Å². The molecule has 2 aliphatic rings. The Bertz CT molecular complexity index is 711. The van der Waals surface area contributed by atoms with Crippen molar-refractivity contribution in [2.75, 3.05) is 79.0 Å². The summed E-state index contributed by atoms with van der Waals surface area (Å²) in [5.41, 5.74) is 0.965. The fraction of sp³-hybridized carbons (Fsp3) is 0.636. The molecule has 0 bridgehead atoms. The Morgan fingerprint density at radius 2 is 1.70 bits per heavy atom. The molecule has 0 radical (unpaired) electrons. The van der Waals surface area contributed by atoms with Gasteiger partial charge in [-0.1, -0.05) is 30.7 Å². The van der Waals surface area contributed by atoms with Crippen molar-refractivity contribution in [1.29, 1.82) is 0 Å². The van der Waals surface area contributed by atoms with Gasteiger partial charge < -0.3 is 20.0 Å². The van der Waals surface area contributed by atoms with E-state index in [1.54, 1.807) is 0 Å².